The van der Waals surface area contributed by atoms with Crippen LogP contribution < -0.4 is 5.48 Å². The molecule has 129 valence electrons. The highest BCUT2D eigenvalue weighted by Gasteiger charge is 2.37. The third kappa shape index (κ3) is 7.05. The molecular weight excluding hydrogens is 286 g/mol. The quantitative estimate of drug-likeness (QED) is 0.423. The van der Waals surface area contributed by atoms with Crippen molar-refractivity contribution in [3.63, 3.8) is 0 Å². The van der Waals surface area contributed by atoms with Crippen molar-refractivity contribution in [3.05, 3.63) is 6.61 Å². The summed E-state index contributed by atoms with van der Waals surface area (Å²) in [5.41, 5.74) is 2.31. The first-order valence-corrected chi connectivity index (χ1v) is 8.35. The summed E-state index contributed by atoms with van der Waals surface area (Å²) in [5, 5.41) is 19.5. The molecule has 6 nitrogen and oxygen atoms in total. The molecule has 1 amide bonds. The lowest BCUT2D eigenvalue weighted by atomic mass is 10.0. The molecule has 3 N–H and O–H groups in total. The third-order valence-corrected chi connectivity index (χ3v) is 3.91. The molecule has 1 radical (unpaired) electrons. The maximum atomic E-state index is 11.6. The zero-order valence-corrected chi connectivity index (χ0v) is 13.7. The maximum Gasteiger partial charge on any atom is 0.243 e. The van der Waals surface area contributed by atoms with Crippen LogP contribution in [-0.2, 0) is 14.4 Å². The predicted molar refractivity (Wildman–Crippen MR) is 82.5 cm³/mol. The van der Waals surface area contributed by atoms with Crippen LogP contribution in [-0.4, -0.2) is 40.5 Å². The number of carbonyl (C=O) groups excluding carboxylic acids is 1. The standard InChI is InChI=1S/C16H30NO5/c1-3-4-5-6-7-8-9-10-14(18)17-22-13-11-21-12(2)15(19)16(13)20/h11-13,15-16,19-20H,3-10H2,1-2H3,(H,17,18)/t12-,13+,15+,16-/m1/s1. The average Bonchev–Trinajstić information content (AvgIpc) is 2.51. The summed E-state index contributed by atoms with van der Waals surface area (Å²) < 4.78 is 5.14. The molecule has 4 atom stereocenters. The number of hydroxylamine groups is 1. The fourth-order valence-electron chi connectivity index (χ4n) is 2.36. The summed E-state index contributed by atoms with van der Waals surface area (Å²) in [6.07, 6.45) is 4.94. The van der Waals surface area contributed by atoms with Crippen LogP contribution >= 0.6 is 0 Å². The molecule has 6 heteroatoms. The Kier molecular flexibility index (Phi) is 9.63. The summed E-state index contributed by atoms with van der Waals surface area (Å²) in [6, 6.07) is 0. The van der Waals surface area contributed by atoms with Gasteiger partial charge in [0.15, 0.2) is 0 Å². The minimum atomic E-state index is -1.11. The molecule has 0 unspecified atom stereocenters. The summed E-state index contributed by atoms with van der Waals surface area (Å²) in [6.45, 7) is 5.14. The van der Waals surface area contributed by atoms with Gasteiger partial charge < -0.3 is 14.9 Å². The van der Waals surface area contributed by atoms with Crippen molar-refractivity contribution in [3.8, 4) is 0 Å². The lowest BCUT2D eigenvalue weighted by Crippen LogP contribution is -2.52. The Bertz CT molecular complexity index is 313. The van der Waals surface area contributed by atoms with Crippen molar-refractivity contribution in [1.29, 1.82) is 0 Å². The number of unbranched alkanes of at least 4 members (excludes halogenated alkanes) is 6. The molecule has 1 fully saturated rings. The molecule has 0 aromatic carbocycles. The average molecular weight is 316 g/mol. The van der Waals surface area contributed by atoms with E-state index in [4.69, 9.17) is 9.57 Å². The van der Waals surface area contributed by atoms with E-state index in [9.17, 15) is 15.0 Å². The van der Waals surface area contributed by atoms with Gasteiger partial charge in [-0.1, -0.05) is 45.4 Å². The lowest BCUT2D eigenvalue weighted by Gasteiger charge is -2.34. The van der Waals surface area contributed by atoms with Gasteiger partial charge in [0.05, 0.1) is 6.10 Å². The van der Waals surface area contributed by atoms with Crippen LogP contribution in [0.2, 0.25) is 0 Å². The Hall–Kier alpha value is -0.690. The van der Waals surface area contributed by atoms with Crippen LogP contribution in [0.5, 0.6) is 0 Å². The highest BCUT2D eigenvalue weighted by Crippen LogP contribution is 2.19. The van der Waals surface area contributed by atoms with Gasteiger partial charge in [0.2, 0.25) is 5.91 Å². The Morgan fingerprint density at radius 3 is 2.45 bits per heavy atom. The van der Waals surface area contributed by atoms with E-state index in [1.165, 1.54) is 32.3 Å². The molecule has 22 heavy (non-hydrogen) atoms. The molecule has 0 aliphatic carbocycles. The van der Waals surface area contributed by atoms with Gasteiger partial charge in [0.1, 0.15) is 24.9 Å². The van der Waals surface area contributed by atoms with E-state index in [0.717, 1.165) is 19.3 Å². The third-order valence-electron chi connectivity index (χ3n) is 3.91. The van der Waals surface area contributed by atoms with E-state index in [1.807, 2.05) is 0 Å². The Morgan fingerprint density at radius 1 is 1.14 bits per heavy atom. The van der Waals surface area contributed by atoms with E-state index in [1.54, 1.807) is 6.92 Å². The van der Waals surface area contributed by atoms with Crippen LogP contribution in [0.3, 0.4) is 0 Å². The number of amides is 1. The molecule has 1 aliphatic heterocycles. The molecule has 0 saturated carbocycles. The van der Waals surface area contributed by atoms with Gasteiger partial charge in [0.25, 0.3) is 0 Å². The van der Waals surface area contributed by atoms with Gasteiger partial charge in [-0.25, -0.2) is 5.48 Å². The summed E-state index contributed by atoms with van der Waals surface area (Å²) in [7, 11) is 0. The van der Waals surface area contributed by atoms with Crippen molar-refractivity contribution < 1.29 is 24.6 Å². The zero-order chi connectivity index (χ0) is 16.4. The molecule has 0 spiro atoms. The number of aliphatic hydroxyl groups excluding tert-OH is 2. The van der Waals surface area contributed by atoms with Crippen molar-refractivity contribution in [2.24, 2.45) is 0 Å². The maximum absolute atomic E-state index is 11.6. The summed E-state index contributed by atoms with van der Waals surface area (Å²) >= 11 is 0. The van der Waals surface area contributed by atoms with Gasteiger partial charge in [-0.2, -0.15) is 0 Å². The molecular formula is C16H30NO5. The molecule has 1 saturated heterocycles. The van der Waals surface area contributed by atoms with Crippen molar-refractivity contribution in [2.75, 3.05) is 0 Å². The second kappa shape index (κ2) is 10.9. The minimum Gasteiger partial charge on any atom is -0.388 e. The molecule has 0 aromatic heterocycles. The van der Waals surface area contributed by atoms with Crippen LogP contribution in [0.15, 0.2) is 0 Å². The number of aliphatic hydroxyl groups is 2. The van der Waals surface area contributed by atoms with Gasteiger partial charge in [-0.3, -0.25) is 9.63 Å². The van der Waals surface area contributed by atoms with Crippen LogP contribution in [0.25, 0.3) is 0 Å². The number of rotatable bonds is 10. The van der Waals surface area contributed by atoms with Crippen LogP contribution in [0.1, 0.15) is 65.2 Å². The molecule has 1 rings (SSSR count). The topological polar surface area (TPSA) is 88.0 Å². The summed E-state index contributed by atoms with van der Waals surface area (Å²) in [5.74, 6) is -0.220. The van der Waals surface area contributed by atoms with E-state index in [0.29, 0.717) is 6.42 Å². The Morgan fingerprint density at radius 2 is 1.77 bits per heavy atom. The summed E-state index contributed by atoms with van der Waals surface area (Å²) in [4.78, 5) is 16.7. The van der Waals surface area contributed by atoms with Gasteiger partial charge in [0, 0.05) is 6.42 Å². The smallest absolute Gasteiger partial charge is 0.243 e. The number of hydrogen-bond donors (Lipinski definition) is 3. The fourth-order valence-corrected chi connectivity index (χ4v) is 2.36. The fraction of sp³-hybridized carbons (Fsp3) is 0.875. The van der Waals surface area contributed by atoms with Crippen molar-refractivity contribution >= 4 is 5.91 Å². The molecule has 1 aliphatic rings. The van der Waals surface area contributed by atoms with Crippen LogP contribution in [0, 0.1) is 6.61 Å². The van der Waals surface area contributed by atoms with E-state index in [-0.39, 0.29) is 5.91 Å². The molecule has 1 heterocycles. The largest absolute Gasteiger partial charge is 0.388 e. The minimum absolute atomic E-state index is 0.220. The highest BCUT2D eigenvalue weighted by molar-refractivity contribution is 5.74. The lowest BCUT2D eigenvalue weighted by molar-refractivity contribution is -0.192. The Labute approximate surface area is 133 Å². The van der Waals surface area contributed by atoms with Gasteiger partial charge in [-0.15, -0.1) is 0 Å². The van der Waals surface area contributed by atoms with E-state index in [2.05, 4.69) is 12.4 Å². The van der Waals surface area contributed by atoms with Gasteiger partial charge >= 0.3 is 0 Å². The van der Waals surface area contributed by atoms with E-state index >= 15 is 0 Å². The van der Waals surface area contributed by atoms with Crippen molar-refractivity contribution in [2.45, 2.75) is 89.6 Å². The predicted octanol–water partition coefficient (Wildman–Crippen LogP) is 1.85. The molecule has 0 bridgehead atoms. The first kappa shape index (κ1) is 19.4. The SMILES string of the molecule is CCCCCCCCCC(=O)NO[C@H]1[CH]O[C@H](C)[C@H](O)[C@@H]1O. The monoisotopic (exact) mass is 316 g/mol. The Balaban J connectivity index is 2.06. The van der Waals surface area contributed by atoms with E-state index < -0.39 is 24.4 Å². The van der Waals surface area contributed by atoms with Gasteiger partial charge in [-0.05, 0) is 13.3 Å². The number of nitrogens with one attached hydrogen (secondary N) is 1. The second-order valence-corrected chi connectivity index (χ2v) is 5.94. The highest BCUT2D eigenvalue weighted by atomic mass is 16.7. The first-order chi connectivity index (χ1) is 10.6. The normalized spacial score (nSPS) is 28.5. The number of hydrogen-bond acceptors (Lipinski definition) is 5. The number of ether oxygens (including phenoxy) is 1. The molecule has 0 aromatic rings. The van der Waals surface area contributed by atoms with Crippen LogP contribution in [0.4, 0.5) is 0 Å². The number of carbonyl (C=O) groups is 1. The van der Waals surface area contributed by atoms with Crippen molar-refractivity contribution in [1.82, 2.24) is 5.48 Å². The zero-order valence-electron chi connectivity index (χ0n) is 13.7. The first-order valence-electron chi connectivity index (χ1n) is 8.35. The second-order valence-electron chi connectivity index (χ2n) is 5.94.